The number of nitrogens with zero attached hydrogens (tertiary/aromatic N) is 1. The van der Waals surface area contributed by atoms with E-state index in [2.05, 4.69) is 0 Å². The van der Waals surface area contributed by atoms with E-state index in [9.17, 15) is 19.5 Å². The van der Waals surface area contributed by atoms with Gasteiger partial charge in [-0.05, 0) is 66.1 Å². The number of carboxylic acid groups (broad SMARTS) is 1. The molecule has 1 heterocycles. The second-order valence-electron chi connectivity index (χ2n) is 10.5. The van der Waals surface area contributed by atoms with Crippen molar-refractivity contribution in [3.63, 3.8) is 0 Å². The van der Waals surface area contributed by atoms with Gasteiger partial charge in [-0.15, -0.1) is 0 Å². The number of carbonyl (C=O) groups is 3. The predicted octanol–water partition coefficient (Wildman–Crippen LogP) is 6.41. The van der Waals surface area contributed by atoms with Gasteiger partial charge in [0, 0.05) is 12.5 Å². The molecular weight excluding hydrogens is 478 g/mol. The van der Waals surface area contributed by atoms with Gasteiger partial charge in [0.25, 0.3) is 11.8 Å². The van der Waals surface area contributed by atoms with Crippen molar-refractivity contribution in [2.24, 2.45) is 11.8 Å². The number of carbonyl (C=O) groups excluding carboxylic acids is 2. The van der Waals surface area contributed by atoms with Gasteiger partial charge in [-0.1, -0.05) is 68.7 Å². The molecule has 1 N–H and O–H groups in total. The summed E-state index contributed by atoms with van der Waals surface area (Å²) in [7, 11) is 0. The fourth-order valence-corrected chi connectivity index (χ4v) is 5.94. The Morgan fingerprint density at radius 3 is 2.26 bits per heavy atom. The van der Waals surface area contributed by atoms with Crippen molar-refractivity contribution < 1.29 is 24.2 Å². The minimum absolute atomic E-state index is 0.165. The van der Waals surface area contributed by atoms with Gasteiger partial charge in [0.2, 0.25) is 0 Å². The van der Waals surface area contributed by atoms with Crippen LogP contribution in [0.5, 0.6) is 5.75 Å². The molecule has 3 aromatic carbocycles. The van der Waals surface area contributed by atoms with Crippen LogP contribution in [-0.4, -0.2) is 40.9 Å². The molecular formula is C32H33NO5. The highest BCUT2D eigenvalue weighted by Gasteiger charge is 2.38. The van der Waals surface area contributed by atoms with Gasteiger partial charge in [0.1, 0.15) is 5.75 Å². The molecule has 1 aliphatic carbocycles. The van der Waals surface area contributed by atoms with Crippen LogP contribution in [0.4, 0.5) is 0 Å². The molecule has 0 saturated heterocycles. The second-order valence-corrected chi connectivity index (χ2v) is 10.5. The number of ether oxygens (including phenoxy) is 1. The first-order valence-corrected chi connectivity index (χ1v) is 13.4. The summed E-state index contributed by atoms with van der Waals surface area (Å²) in [6.07, 6.45) is 6.16. The van der Waals surface area contributed by atoms with Crippen molar-refractivity contribution in [1.82, 2.24) is 4.90 Å². The van der Waals surface area contributed by atoms with Crippen molar-refractivity contribution >= 4 is 17.8 Å². The van der Waals surface area contributed by atoms with E-state index in [-0.39, 0.29) is 35.8 Å². The van der Waals surface area contributed by atoms with Crippen LogP contribution in [0.15, 0.2) is 72.8 Å². The molecule has 1 fully saturated rings. The molecule has 2 atom stereocenters. The normalized spacial score (nSPS) is 17.2. The Bertz CT molecular complexity index is 1310. The maximum absolute atomic E-state index is 13.1. The van der Waals surface area contributed by atoms with E-state index in [4.69, 9.17) is 4.74 Å². The van der Waals surface area contributed by atoms with Crippen molar-refractivity contribution in [1.29, 1.82) is 0 Å². The van der Waals surface area contributed by atoms with Crippen LogP contribution in [0.25, 0.3) is 0 Å². The van der Waals surface area contributed by atoms with Gasteiger partial charge in [-0.25, -0.2) is 4.79 Å². The Hall–Kier alpha value is -3.93. The van der Waals surface area contributed by atoms with Gasteiger partial charge in [-0.3, -0.25) is 14.5 Å². The fraction of sp³-hybridized carbons (Fsp3) is 0.344. The van der Waals surface area contributed by atoms with Crippen LogP contribution < -0.4 is 4.74 Å². The third kappa shape index (κ3) is 5.21. The minimum atomic E-state index is -1.01. The van der Waals surface area contributed by atoms with E-state index in [0.717, 1.165) is 11.3 Å². The molecule has 0 radical (unpaired) electrons. The fourth-order valence-electron chi connectivity index (χ4n) is 5.94. The Balaban J connectivity index is 1.45. The lowest BCUT2D eigenvalue weighted by Gasteiger charge is -2.29. The molecule has 196 valence electrons. The summed E-state index contributed by atoms with van der Waals surface area (Å²) in [6, 6.07) is 21.6. The highest BCUT2D eigenvalue weighted by Crippen LogP contribution is 2.37. The lowest BCUT2D eigenvalue weighted by atomic mass is 9.79. The minimum Gasteiger partial charge on any atom is -0.493 e. The zero-order valence-electron chi connectivity index (χ0n) is 21.6. The lowest BCUT2D eigenvalue weighted by molar-refractivity contribution is 0.0623. The number of hydrogen-bond donors (Lipinski definition) is 1. The Morgan fingerprint density at radius 2 is 1.58 bits per heavy atom. The first-order valence-electron chi connectivity index (χ1n) is 13.4. The first kappa shape index (κ1) is 25.7. The van der Waals surface area contributed by atoms with Gasteiger partial charge in [-0.2, -0.15) is 0 Å². The molecule has 1 aliphatic heterocycles. The largest absolute Gasteiger partial charge is 0.493 e. The average molecular weight is 512 g/mol. The van der Waals surface area contributed by atoms with E-state index in [1.165, 1.54) is 37.0 Å². The van der Waals surface area contributed by atoms with Gasteiger partial charge in [0.15, 0.2) is 0 Å². The number of aromatic carboxylic acids is 1. The standard InChI is InChI=1S/C32H33NO5/c1-21(19-33-30(34)26-15-6-7-16-27(26)31(33)35)29(25-14-5-8-17-28(25)32(36)37)23-12-9-13-24(18-23)38-20-22-10-3-2-4-11-22/h5-9,12-18,21-22,29H,2-4,10-11,19-20H2,1H3,(H,36,37)/t21-,29-/m0/s1. The summed E-state index contributed by atoms with van der Waals surface area (Å²) >= 11 is 0. The smallest absolute Gasteiger partial charge is 0.335 e. The van der Waals surface area contributed by atoms with E-state index >= 15 is 0 Å². The predicted molar refractivity (Wildman–Crippen MR) is 145 cm³/mol. The van der Waals surface area contributed by atoms with Gasteiger partial charge < -0.3 is 9.84 Å². The topological polar surface area (TPSA) is 83.9 Å². The molecule has 38 heavy (non-hydrogen) atoms. The summed E-state index contributed by atoms with van der Waals surface area (Å²) in [5, 5.41) is 9.97. The summed E-state index contributed by atoms with van der Waals surface area (Å²) in [6.45, 7) is 2.80. The SMILES string of the molecule is C[C@@H](CN1C(=O)c2ccccc2C1=O)[C@@H](c1cccc(OCC2CCCCC2)c1)c1ccccc1C(=O)O. The number of fused-ring (bicyclic) bond motifs is 1. The van der Waals surface area contributed by atoms with Crippen molar-refractivity contribution in [3.05, 3.63) is 101 Å². The van der Waals surface area contributed by atoms with Gasteiger partial charge >= 0.3 is 5.97 Å². The molecule has 5 rings (SSSR count). The molecule has 2 amide bonds. The monoisotopic (exact) mass is 511 g/mol. The Morgan fingerprint density at radius 1 is 0.921 bits per heavy atom. The Kier molecular flexibility index (Phi) is 7.59. The second kappa shape index (κ2) is 11.2. The number of imide groups is 1. The summed E-state index contributed by atoms with van der Waals surface area (Å²) in [5.41, 5.74) is 2.56. The summed E-state index contributed by atoms with van der Waals surface area (Å²) in [5.74, 6) is -0.957. The molecule has 0 bridgehead atoms. The molecule has 6 heteroatoms. The number of amides is 2. The maximum Gasteiger partial charge on any atom is 0.335 e. The van der Waals surface area contributed by atoms with Crippen molar-refractivity contribution in [3.8, 4) is 5.75 Å². The maximum atomic E-state index is 13.1. The Labute approximate surface area is 223 Å². The number of rotatable bonds is 9. The zero-order chi connectivity index (χ0) is 26.6. The number of carboxylic acids is 1. The molecule has 0 unspecified atom stereocenters. The van der Waals surface area contributed by atoms with Crippen LogP contribution in [0.3, 0.4) is 0 Å². The van der Waals surface area contributed by atoms with Crippen LogP contribution in [0.1, 0.15) is 87.1 Å². The molecule has 0 spiro atoms. The van der Waals surface area contributed by atoms with Gasteiger partial charge in [0.05, 0.1) is 23.3 Å². The molecule has 0 aromatic heterocycles. The van der Waals surface area contributed by atoms with Crippen LogP contribution in [0, 0.1) is 11.8 Å². The van der Waals surface area contributed by atoms with E-state index in [1.54, 1.807) is 36.4 Å². The quantitative estimate of drug-likeness (QED) is 0.336. The third-order valence-electron chi connectivity index (χ3n) is 7.87. The molecule has 2 aliphatic rings. The lowest BCUT2D eigenvalue weighted by Crippen LogP contribution is -2.36. The van der Waals surface area contributed by atoms with E-state index in [1.807, 2.05) is 43.3 Å². The number of benzene rings is 3. The van der Waals surface area contributed by atoms with Crippen LogP contribution >= 0.6 is 0 Å². The average Bonchev–Trinajstić information content (AvgIpc) is 3.18. The van der Waals surface area contributed by atoms with Crippen LogP contribution in [0.2, 0.25) is 0 Å². The van der Waals surface area contributed by atoms with Crippen molar-refractivity contribution in [2.75, 3.05) is 13.2 Å². The zero-order valence-corrected chi connectivity index (χ0v) is 21.6. The van der Waals surface area contributed by atoms with Crippen LogP contribution in [-0.2, 0) is 0 Å². The highest BCUT2D eigenvalue weighted by atomic mass is 16.5. The van der Waals surface area contributed by atoms with E-state index < -0.39 is 5.97 Å². The summed E-state index contributed by atoms with van der Waals surface area (Å²) in [4.78, 5) is 39.7. The van der Waals surface area contributed by atoms with E-state index in [0.29, 0.717) is 29.2 Å². The molecule has 6 nitrogen and oxygen atoms in total. The molecule has 1 saturated carbocycles. The van der Waals surface area contributed by atoms with Crippen molar-refractivity contribution in [2.45, 2.75) is 44.9 Å². The summed E-state index contributed by atoms with van der Waals surface area (Å²) < 4.78 is 6.20. The number of hydrogen-bond acceptors (Lipinski definition) is 4. The first-order chi connectivity index (χ1) is 18.4. The third-order valence-corrected chi connectivity index (χ3v) is 7.87. The molecule has 3 aromatic rings. The highest BCUT2D eigenvalue weighted by molar-refractivity contribution is 6.21.